The van der Waals surface area contributed by atoms with E-state index in [0.29, 0.717) is 32.6 Å². The van der Waals surface area contributed by atoms with Gasteiger partial charge in [-0.25, -0.2) is 4.98 Å². The number of rotatable bonds is 4. The summed E-state index contributed by atoms with van der Waals surface area (Å²) < 4.78 is 10.8. The van der Waals surface area contributed by atoms with Gasteiger partial charge in [-0.3, -0.25) is 4.79 Å². The van der Waals surface area contributed by atoms with Gasteiger partial charge in [0.25, 0.3) is 5.56 Å². The number of ether oxygens (including phenoxy) is 2. The smallest absolute Gasteiger partial charge is 0.260 e. The number of thiophene rings is 1. The third kappa shape index (κ3) is 3.39. The van der Waals surface area contributed by atoms with Gasteiger partial charge in [0.05, 0.1) is 15.3 Å². The van der Waals surface area contributed by atoms with E-state index in [1.54, 1.807) is 6.07 Å². The maximum absolute atomic E-state index is 13.0. The standard InChI is InChI=1S/C22H15ClN2O3S2/c1-29-17(9-12-7-15(23)19-16(8-12)27-11-28-19)20-24-21(26)18-14(10-30-22(18)25-20)13-5-3-2-4-6-13/h2-10H,11H2,1H3,(H,24,25,26)/b17-9-. The maximum atomic E-state index is 13.0. The van der Waals surface area contributed by atoms with Crippen LogP contribution < -0.4 is 15.0 Å². The first-order valence-corrected chi connectivity index (χ1v) is 11.5. The van der Waals surface area contributed by atoms with Crippen LogP contribution in [0.5, 0.6) is 11.5 Å². The van der Waals surface area contributed by atoms with Crippen molar-refractivity contribution in [2.24, 2.45) is 0 Å². The number of nitrogens with zero attached hydrogens (tertiary/aromatic N) is 1. The Bertz CT molecular complexity index is 1350. The monoisotopic (exact) mass is 454 g/mol. The summed E-state index contributed by atoms with van der Waals surface area (Å²) in [4.78, 5) is 22.2. The SMILES string of the molecule is CS/C(=C\c1cc(Cl)c2c(c1)OCO2)c1nc2scc(-c3ccccc3)c2c(=O)[nH]1. The van der Waals surface area contributed by atoms with Gasteiger partial charge in [-0.2, -0.15) is 0 Å². The molecule has 0 unspecified atom stereocenters. The Kier molecular flexibility index (Phi) is 5.02. The number of fused-ring (bicyclic) bond motifs is 2. The zero-order valence-electron chi connectivity index (χ0n) is 15.8. The van der Waals surface area contributed by atoms with E-state index in [0.717, 1.165) is 21.6 Å². The van der Waals surface area contributed by atoms with Crippen LogP contribution in [0.15, 0.2) is 52.6 Å². The van der Waals surface area contributed by atoms with Crippen molar-refractivity contribution in [1.82, 2.24) is 9.97 Å². The Labute approximate surface area is 185 Å². The number of aromatic amines is 1. The average Bonchev–Trinajstić information content (AvgIpc) is 3.40. The number of hydrogen-bond donors (Lipinski definition) is 1. The van der Waals surface area contributed by atoms with Gasteiger partial charge < -0.3 is 14.5 Å². The van der Waals surface area contributed by atoms with Crippen molar-refractivity contribution in [2.45, 2.75) is 0 Å². The highest BCUT2D eigenvalue weighted by Crippen LogP contribution is 2.41. The first-order valence-electron chi connectivity index (χ1n) is 9.06. The fraction of sp³-hybridized carbons (Fsp3) is 0.0909. The zero-order valence-corrected chi connectivity index (χ0v) is 18.2. The van der Waals surface area contributed by atoms with Crippen molar-refractivity contribution in [3.63, 3.8) is 0 Å². The van der Waals surface area contributed by atoms with Crippen molar-refractivity contribution < 1.29 is 9.47 Å². The average molecular weight is 455 g/mol. The largest absolute Gasteiger partial charge is 0.454 e. The molecule has 0 amide bonds. The van der Waals surface area contributed by atoms with Gasteiger partial charge in [0.2, 0.25) is 6.79 Å². The van der Waals surface area contributed by atoms with Crippen molar-refractivity contribution in [1.29, 1.82) is 0 Å². The van der Waals surface area contributed by atoms with Crippen LogP contribution in [0.2, 0.25) is 5.02 Å². The minimum Gasteiger partial charge on any atom is -0.454 e. The van der Waals surface area contributed by atoms with Gasteiger partial charge in [-0.15, -0.1) is 23.1 Å². The summed E-state index contributed by atoms with van der Waals surface area (Å²) in [6.45, 7) is 0.158. The normalized spacial score (nSPS) is 13.2. The maximum Gasteiger partial charge on any atom is 0.260 e. The summed E-state index contributed by atoms with van der Waals surface area (Å²) in [7, 11) is 0. The van der Waals surface area contributed by atoms with Crippen LogP contribution in [0.4, 0.5) is 0 Å². The predicted octanol–water partition coefficient (Wildman–Crippen LogP) is 5.89. The minimum atomic E-state index is -0.154. The fourth-order valence-electron chi connectivity index (χ4n) is 3.34. The van der Waals surface area contributed by atoms with Crippen LogP contribution in [0.3, 0.4) is 0 Å². The highest BCUT2D eigenvalue weighted by molar-refractivity contribution is 8.07. The van der Waals surface area contributed by atoms with Gasteiger partial charge >= 0.3 is 0 Å². The third-order valence-corrected chi connectivity index (χ3v) is 6.63. The molecule has 2 aromatic heterocycles. The van der Waals surface area contributed by atoms with Gasteiger partial charge in [0.1, 0.15) is 10.7 Å². The third-order valence-electron chi connectivity index (χ3n) is 4.73. The topological polar surface area (TPSA) is 64.2 Å². The summed E-state index contributed by atoms with van der Waals surface area (Å²) in [5.41, 5.74) is 2.58. The van der Waals surface area contributed by atoms with E-state index in [-0.39, 0.29) is 12.4 Å². The molecule has 0 fully saturated rings. The van der Waals surface area contributed by atoms with E-state index >= 15 is 0 Å². The summed E-state index contributed by atoms with van der Waals surface area (Å²) in [5, 5.41) is 3.08. The molecule has 2 aromatic carbocycles. The highest BCUT2D eigenvalue weighted by Gasteiger charge is 2.19. The second-order valence-corrected chi connectivity index (χ2v) is 8.67. The lowest BCUT2D eigenvalue weighted by atomic mass is 10.1. The second-order valence-electron chi connectivity index (χ2n) is 6.56. The predicted molar refractivity (Wildman–Crippen MR) is 125 cm³/mol. The molecule has 5 nitrogen and oxygen atoms in total. The first kappa shape index (κ1) is 19.2. The molecule has 0 spiro atoms. The molecule has 0 atom stereocenters. The molecule has 0 aliphatic carbocycles. The Morgan fingerprint density at radius 3 is 2.90 bits per heavy atom. The molecule has 0 bridgehead atoms. The molecular formula is C22H15ClN2O3S2. The van der Waals surface area contributed by atoms with E-state index < -0.39 is 0 Å². The van der Waals surface area contributed by atoms with Crippen molar-refractivity contribution in [2.75, 3.05) is 13.0 Å². The molecule has 0 saturated heterocycles. The molecule has 5 rings (SSSR count). The van der Waals surface area contributed by atoms with Gasteiger partial charge in [0.15, 0.2) is 11.5 Å². The Balaban J connectivity index is 1.59. The molecule has 3 heterocycles. The number of hydrogen-bond acceptors (Lipinski definition) is 6. The highest BCUT2D eigenvalue weighted by atomic mass is 35.5. The first-order chi connectivity index (χ1) is 14.6. The summed E-state index contributed by atoms with van der Waals surface area (Å²) >= 11 is 9.26. The number of thioether (sulfide) groups is 1. The van der Waals surface area contributed by atoms with Crippen molar-refractivity contribution in [3.8, 4) is 22.6 Å². The molecule has 1 aliphatic rings. The Morgan fingerprint density at radius 2 is 2.10 bits per heavy atom. The number of aromatic nitrogens is 2. The molecular weight excluding hydrogens is 440 g/mol. The number of halogens is 1. The van der Waals surface area contributed by atoms with Crippen LogP contribution in [-0.4, -0.2) is 23.0 Å². The molecule has 0 saturated carbocycles. The van der Waals surface area contributed by atoms with Gasteiger partial charge in [-0.1, -0.05) is 41.9 Å². The minimum absolute atomic E-state index is 0.154. The number of benzene rings is 2. The quantitative estimate of drug-likeness (QED) is 0.416. The number of H-pyrrole nitrogens is 1. The molecule has 0 radical (unpaired) electrons. The zero-order chi connectivity index (χ0) is 20.7. The number of nitrogens with one attached hydrogen (secondary N) is 1. The van der Waals surface area contributed by atoms with E-state index in [2.05, 4.69) is 4.98 Å². The van der Waals surface area contributed by atoms with E-state index in [1.165, 1.54) is 23.1 Å². The lowest BCUT2D eigenvalue weighted by Crippen LogP contribution is -2.10. The molecule has 30 heavy (non-hydrogen) atoms. The molecule has 1 aliphatic heterocycles. The lowest BCUT2D eigenvalue weighted by molar-refractivity contribution is 0.174. The van der Waals surface area contributed by atoms with Crippen LogP contribution in [-0.2, 0) is 0 Å². The van der Waals surface area contributed by atoms with E-state index in [1.807, 2.05) is 54.1 Å². The second kappa shape index (κ2) is 7.83. The molecule has 150 valence electrons. The van der Waals surface area contributed by atoms with Crippen LogP contribution in [0.1, 0.15) is 11.4 Å². The molecule has 4 aromatic rings. The fourth-order valence-corrected chi connectivity index (χ4v) is 5.11. The van der Waals surface area contributed by atoms with Gasteiger partial charge in [-0.05, 0) is 35.6 Å². The van der Waals surface area contributed by atoms with E-state index in [9.17, 15) is 4.79 Å². The summed E-state index contributed by atoms with van der Waals surface area (Å²) in [5.74, 6) is 1.69. The van der Waals surface area contributed by atoms with Crippen LogP contribution in [0.25, 0.3) is 32.3 Å². The van der Waals surface area contributed by atoms with Crippen molar-refractivity contribution in [3.05, 3.63) is 74.6 Å². The van der Waals surface area contributed by atoms with E-state index in [4.69, 9.17) is 26.1 Å². The molecule has 8 heteroatoms. The Morgan fingerprint density at radius 1 is 1.27 bits per heavy atom. The van der Waals surface area contributed by atoms with Gasteiger partial charge in [0, 0.05) is 10.9 Å². The van der Waals surface area contributed by atoms with Crippen LogP contribution in [0, 0.1) is 0 Å². The molecule has 1 N–H and O–H groups in total. The van der Waals surface area contributed by atoms with Crippen molar-refractivity contribution >= 4 is 55.9 Å². The van der Waals surface area contributed by atoms with Crippen LogP contribution >= 0.6 is 34.7 Å². The summed E-state index contributed by atoms with van der Waals surface area (Å²) in [6, 6.07) is 13.5. The lowest BCUT2D eigenvalue weighted by Gasteiger charge is -2.06. The Hall–Kier alpha value is -2.74. The summed E-state index contributed by atoms with van der Waals surface area (Å²) in [6.07, 6.45) is 3.86.